The summed E-state index contributed by atoms with van der Waals surface area (Å²) in [6.45, 7) is 0.273. The summed E-state index contributed by atoms with van der Waals surface area (Å²) in [7, 11) is 4.35. The number of methoxy groups -OCH3 is 3. The Kier molecular flexibility index (Phi) is 8.89. The maximum atomic E-state index is 12.3. The highest BCUT2D eigenvalue weighted by atomic mass is 35.5. The summed E-state index contributed by atoms with van der Waals surface area (Å²) >= 11 is 11.8. The van der Waals surface area contributed by atoms with Gasteiger partial charge in [0.25, 0.3) is 5.91 Å². The van der Waals surface area contributed by atoms with Gasteiger partial charge < -0.3 is 18.9 Å². The summed E-state index contributed by atoms with van der Waals surface area (Å²) in [6.07, 6.45) is 0.561. The number of nitrogens with one attached hydrogen (secondary N) is 2. The first-order valence-electron chi connectivity index (χ1n) is 8.86. The zero-order valence-electron chi connectivity index (χ0n) is 16.7. The highest BCUT2D eigenvalue weighted by molar-refractivity contribution is 6.35. The van der Waals surface area contributed by atoms with E-state index in [2.05, 4.69) is 10.9 Å². The topological polar surface area (TPSA) is 95.1 Å². The van der Waals surface area contributed by atoms with Crippen LogP contribution in [0.4, 0.5) is 0 Å². The molecule has 0 bridgehead atoms. The Morgan fingerprint density at radius 2 is 1.57 bits per heavy atom. The van der Waals surface area contributed by atoms with Gasteiger partial charge in [-0.05, 0) is 36.8 Å². The van der Waals surface area contributed by atoms with Crippen molar-refractivity contribution in [2.75, 3.05) is 27.9 Å². The molecule has 0 spiro atoms. The number of benzene rings is 2. The van der Waals surface area contributed by atoms with E-state index in [1.54, 1.807) is 18.2 Å². The molecule has 0 unspecified atom stereocenters. The van der Waals surface area contributed by atoms with Gasteiger partial charge in [0.1, 0.15) is 5.75 Å². The average Bonchev–Trinajstić information content (AvgIpc) is 2.74. The van der Waals surface area contributed by atoms with Crippen molar-refractivity contribution in [3.63, 3.8) is 0 Å². The normalized spacial score (nSPS) is 10.2. The lowest BCUT2D eigenvalue weighted by molar-refractivity contribution is -0.122. The van der Waals surface area contributed by atoms with Crippen LogP contribution < -0.4 is 29.8 Å². The summed E-state index contributed by atoms with van der Waals surface area (Å²) in [5, 5.41) is 0.902. The van der Waals surface area contributed by atoms with Crippen molar-refractivity contribution in [3.05, 3.63) is 45.9 Å². The van der Waals surface area contributed by atoms with Gasteiger partial charge in [0.2, 0.25) is 11.7 Å². The number of ether oxygens (including phenoxy) is 4. The molecule has 0 heterocycles. The predicted molar refractivity (Wildman–Crippen MR) is 113 cm³/mol. The van der Waals surface area contributed by atoms with Crippen LogP contribution in [0.15, 0.2) is 30.3 Å². The van der Waals surface area contributed by atoms with Gasteiger partial charge in [-0.25, -0.2) is 0 Å². The summed E-state index contributed by atoms with van der Waals surface area (Å²) in [5.74, 6) is 0.588. The molecule has 0 saturated carbocycles. The summed E-state index contributed by atoms with van der Waals surface area (Å²) < 4.78 is 21.1. The van der Waals surface area contributed by atoms with Gasteiger partial charge in [0, 0.05) is 17.0 Å². The molecule has 2 rings (SSSR count). The molecular weight excluding hydrogens is 435 g/mol. The first-order chi connectivity index (χ1) is 14.4. The summed E-state index contributed by atoms with van der Waals surface area (Å²) in [4.78, 5) is 24.3. The Morgan fingerprint density at radius 1 is 0.900 bits per heavy atom. The average molecular weight is 457 g/mol. The number of hydrogen-bond acceptors (Lipinski definition) is 6. The highest BCUT2D eigenvalue weighted by Gasteiger charge is 2.17. The fourth-order valence-corrected chi connectivity index (χ4v) is 2.94. The lowest BCUT2D eigenvalue weighted by atomic mass is 10.1. The lowest BCUT2D eigenvalue weighted by Crippen LogP contribution is -2.41. The second-order valence-corrected chi connectivity index (χ2v) is 6.79. The van der Waals surface area contributed by atoms with E-state index in [1.807, 2.05) is 0 Å². The molecule has 0 aromatic heterocycles. The van der Waals surface area contributed by atoms with Crippen molar-refractivity contribution in [1.82, 2.24) is 10.9 Å². The molecule has 8 nitrogen and oxygen atoms in total. The van der Waals surface area contributed by atoms with E-state index in [0.29, 0.717) is 39.5 Å². The maximum Gasteiger partial charge on any atom is 0.269 e. The van der Waals surface area contributed by atoms with Gasteiger partial charge in [-0.1, -0.05) is 23.2 Å². The molecular formula is C20H22Cl2N2O6. The van der Waals surface area contributed by atoms with Gasteiger partial charge in [-0.2, -0.15) is 0 Å². The molecule has 10 heteroatoms. The van der Waals surface area contributed by atoms with E-state index in [9.17, 15) is 9.59 Å². The second kappa shape index (κ2) is 11.4. The number of hydrazine groups is 1. The smallest absolute Gasteiger partial charge is 0.269 e. The van der Waals surface area contributed by atoms with E-state index in [-0.39, 0.29) is 24.5 Å². The standard InChI is InChI=1S/C20H22Cl2N2O6/c1-27-16-9-12(10-17(28-2)19(16)29-3)20(26)24-23-18(25)5-4-8-30-15-7-6-13(21)11-14(15)22/h6-7,9-11H,4-5,8H2,1-3H3,(H,23,25)(H,24,26). The number of carbonyl (C=O) groups excluding carboxylic acids is 2. The molecule has 0 aliphatic carbocycles. The van der Waals surface area contributed by atoms with Crippen LogP contribution in [0.25, 0.3) is 0 Å². The van der Waals surface area contributed by atoms with E-state index in [4.69, 9.17) is 42.1 Å². The number of halogens is 2. The molecule has 0 atom stereocenters. The Hall–Kier alpha value is -2.84. The third kappa shape index (κ3) is 6.33. The van der Waals surface area contributed by atoms with Gasteiger partial charge >= 0.3 is 0 Å². The number of carbonyl (C=O) groups is 2. The van der Waals surface area contributed by atoms with Crippen molar-refractivity contribution >= 4 is 35.0 Å². The zero-order chi connectivity index (χ0) is 22.1. The molecule has 0 saturated heterocycles. The summed E-state index contributed by atoms with van der Waals surface area (Å²) in [5.41, 5.74) is 4.92. The first kappa shape index (κ1) is 23.4. The zero-order valence-corrected chi connectivity index (χ0v) is 18.2. The van der Waals surface area contributed by atoms with E-state index in [0.717, 1.165) is 0 Å². The molecule has 0 radical (unpaired) electrons. The van der Waals surface area contributed by atoms with E-state index in [1.165, 1.54) is 33.5 Å². The quantitative estimate of drug-likeness (QED) is 0.441. The molecule has 30 heavy (non-hydrogen) atoms. The van der Waals surface area contributed by atoms with Crippen molar-refractivity contribution in [3.8, 4) is 23.0 Å². The number of amides is 2. The minimum Gasteiger partial charge on any atom is -0.493 e. The third-order valence-corrected chi connectivity index (χ3v) is 4.47. The third-order valence-electron chi connectivity index (χ3n) is 3.94. The van der Waals surface area contributed by atoms with Crippen LogP contribution in [-0.4, -0.2) is 39.8 Å². The van der Waals surface area contributed by atoms with E-state index < -0.39 is 5.91 Å². The summed E-state index contributed by atoms with van der Waals surface area (Å²) in [6, 6.07) is 7.85. The lowest BCUT2D eigenvalue weighted by Gasteiger charge is -2.14. The molecule has 2 N–H and O–H groups in total. The van der Waals surface area contributed by atoms with Crippen LogP contribution in [-0.2, 0) is 4.79 Å². The Bertz CT molecular complexity index is 882. The number of hydrogen-bond donors (Lipinski definition) is 2. The highest BCUT2D eigenvalue weighted by Crippen LogP contribution is 2.38. The monoisotopic (exact) mass is 456 g/mol. The Morgan fingerprint density at radius 3 is 2.13 bits per heavy atom. The largest absolute Gasteiger partial charge is 0.493 e. The van der Waals surface area contributed by atoms with Crippen LogP contribution in [0.3, 0.4) is 0 Å². The van der Waals surface area contributed by atoms with Crippen molar-refractivity contribution in [1.29, 1.82) is 0 Å². The molecule has 0 fully saturated rings. The van der Waals surface area contributed by atoms with Crippen LogP contribution in [0.5, 0.6) is 23.0 Å². The molecule has 2 aromatic carbocycles. The Balaban J connectivity index is 1.82. The molecule has 2 amide bonds. The second-order valence-electron chi connectivity index (χ2n) is 5.94. The SMILES string of the molecule is COc1cc(C(=O)NNC(=O)CCCOc2ccc(Cl)cc2Cl)cc(OC)c1OC. The maximum absolute atomic E-state index is 12.3. The van der Waals surface area contributed by atoms with Crippen LogP contribution >= 0.6 is 23.2 Å². The Labute approximate surface area is 184 Å². The molecule has 0 aliphatic rings. The van der Waals surface area contributed by atoms with Crippen molar-refractivity contribution < 1.29 is 28.5 Å². The van der Waals surface area contributed by atoms with Gasteiger partial charge in [0.05, 0.1) is 33.0 Å². The van der Waals surface area contributed by atoms with Gasteiger partial charge in [-0.15, -0.1) is 0 Å². The van der Waals surface area contributed by atoms with Gasteiger partial charge in [-0.3, -0.25) is 20.4 Å². The molecule has 2 aromatic rings. The van der Waals surface area contributed by atoms with Crippen molar-refractivity contribution in [2.45, 2.75) is 12.8 Å². The van der Waals surface area contributed by atoms with Crippen LogP contribution in [0, 0.1) is 0 Å². The minimum absolute atomic E-state index is 0.140. The van der Waals surface area contributed by atoms with Crippen molar-refractivity contribution in [2.24, 2.45) is 0 Å². The fraction of sp³-hybridized carbons (Fsp3) is 0.300. The molecule has 0 aliphatic heterocycles. The number of rotatable bonds is 9. The predicted octanol–water partition coefficient (Wildman–Crippen LogP) is 3.64. The van der Waals surface area contributed by atoms with Crippen LogP contribution in [0.1, 0.15) is 23.2 Å². The van der Waals surface area contributed by atoms with Gasteiger partial charge in [0.15, 0.2) is 11.5 Å². The fourth-order valence-electron chi connectivity index (χ4n) is 2.48. The van der Waals surface area contributed by atoms with Crippen LogP contribution in [0.2, 0.25) is 10.0 Å². The minimum atomic E-state index is -0.535. The first-order valence-corrected chi connectivity index (χ1v) is 9.62. The van der Waals surface area contributed by atoms with E-state index >= 15 is 0 Å². The molecule has 162 valence electrons.